The van der Waals surface area contributed by atoms with Crippen LogP contribution in [0.1, 0.15) is 128 Å². The van der Waals surface area contributed by atoms with E-state index in [4.69, 9.17) is 0 Å². The zero-order chi connectivity index (χ0) is 39.7. The van der Waals surface area contributed by atoms with Crippen molar-refractivity contribution in [1.29, 1.82) is 0 Å². The molecule has 2 heterocycles. The number of carbonyl (C=O) groups excluding carboxylic acids is 4. The smallest absolute Gasteiger partial charge is 0.243 e. The highest BCUT2D eigenvalue weighted by Crippen LogP contribution is 2.35. The molecule has 4 aliphatic rings. The number of hydrogen-bond donors (Lipinski definition) is 5. The van der Waals surface area contributed by atoms with Crippen molar-refractivity contribution in [3.8, 4) is 0 Å². The van der Waals surface area contributed by atoms with Gasteiger partial charge in [-0.2, -0.15) is 0 Å². The van der Waals surface area contributed by atoms with Gasteiger partial charge < -0.3 is 31.5 Å². The van der Waals surface area contributed by atoms with E-state index in [2.05, 4.69) is 63.9 Å². The summed E-state index contributed by atoms with van der Waals surface area (Å²) in [4.78, 5) is 56.3. The van der Waals surface area contributed by atoms with Crippen LogP contribution >= 0.6 is 0 Å². The fourth-order valence-electron chi connectivity index (χ4n) is 9.13. The van der Waals surface area contributed by atoms with Gasteiger partial charge in [-0.05, 0) is 96.6 Å². The van der Waals surface area contributed by atoms with Crippen molar-refractivity contribution < 1.29 is 19.2 Å². The molecular formula is C46H70N6O4. The minimum absolute atomic E-state index is 0.00463. The number of nitrogens with one attached hydrogen (secondary N) is 5. The Balaban J connectivity index is 1.10. The Morgan fingerprint density at radius 3 is 2.45 bits per heavy atom. The summed E-state index contributed by atoms with van der Waals surface area (Å²) in [5.41, 5.74) is 2.35. The summed E-state index contributed by atoms with van der Waals surface area (Å²) in [6, 6.07) is 9.07. The number of allylic oxidation sites excluding steroid dienone is 4. The Hall–Kier alpha value is -3.76. The lowest BCUT2D eigenvalue weighted by Crippen LogP contribution is -2.58. The van der Waals surface area contributed by atoms with E-state index in [0.717, 1.165) is 89.0 Å². The van der Waals surface area contributed by atoms with Gasteiger partial charge in [0, 0.05) is 50.0 Å². The summed E-state index contributed by atoms with van der Waals surface area (Å²) in [6.07, 6.45) is 25.4. The maximum atomic E-state index is 14.6. The van der Waals surface area contributed by atoms with Crippen LogP contribution in [0.5, 0.6) is 0 Å². The molecule has 10 heteroatoms. The molecule has 2 fully saturated rings. The topological polar surface area (TPSA) is 132 Å². The molecule has 2 aliphatic carbocycles. The molecule has 5 rings (SSSR count). The highest BCUT2D eigenvalue weighted by atomic mass is 16.2. The number of hydrogen-bond acceptors (Lipinski definition) is 6. The molecule has 8 unspecified atom stereocenters. The molecule has 0 aromatic heterocycles. The number of nitrogens with zero attached hydrogens (tertiary/aromatic N) is 1. The first-order valence-corrected chi connectivity index (χ1v) is 21.9. The van der Waals surface area contributed by atoms with E-state index in [9.17, 15) is 19.2 Å². The second kappa shape index (κ2) is 22.8. The first-order chi connectivity index (χ1) is 27.3. The Morgan fingerprint density at radius 1 is 0.929 bits per heavy atom. The van der Waals surface area contributed by atoms with Gasteiger partial charge >= 0.3 is 0 Å². The van der Waals surface area contributed by atoms with Crippen LogP contribution in [0.25, 0.3) is 0 Å². The summed E-state index contributed by atoms with van der Waals surface area (Å²) in [7, 11) is 1.94. The van der Waals surface area contributed by atoms with Gasteiger partial charge in [0.2, 0.25) is 23.6 Å². The van der Waals surface area contributed by atoms with Gasteiger partial charge in [-0.15, -0.1) is 0 Å². The van der Waals surface area contributed by atoms with Gasteiger partial charge in [-0.3, -0.25) is 19.2 Å². The third-order valence-electron chi connectivity index (χ3n) is 12.8. The molecule has 1 aromatic rings. The maximum Gasteiger partial charge on any atom is 0.243 e. The molecule has 10 nitrogen and oxygen atoms in total. The van der Waals surface area contributed by atoms with E-state index in [-0.39, 0.29) is 59.5 Å². The number of rotatable bonds is 21. The van der Waals surface area contributed by atoms with Gasteiger partial charge in [-0.25, -0.2) is 0 Å². The van der Waals surface area contributed by atoms with Gasteiger partial charge in [0.1, 0.15) is 6.04 Å². The molecular weight excluding hydrogens is 701 g/mol. The van der Waals surface area contributed by atoms with E-state index in [1.807, 2.05) is 49.2 Å². The van der Waals surface area contributed by atoms with E-state index in [0.29, 0.717) is 32.5 Å². The second-order valence-electron chi connectivity index (χ2n) is 16.6. The maximum absolute atomic E-state index is 14.6. The average molecular weight is 771 g/mol. The highest BCUT2D eigenvalue weighted by molar-refractivity contribution is 5.91. The fraction of sp³-hybridized carbons (Fsp3) is 0.652. The van der Waals surface area contributed by atoms with Crippen LogP contribution in [0, 0.1) is 11.8 Å². The zero-order valence-corrected chi connectivity index (χ0v) is 34.4. The first kappa shape index (κ1) is 43.4. The number of amides is 4. The summed E-state index contributed by atoms with van der Waals surface area (Å²) in [5, 5.41) is 16.7. The summed E-state index contributed by atoms with van der Waals surface area (Å²) in [5.74, 6) is 0.0353. The van der Waals surface area contributed by atoms with E-state index in [1.54, 1.807) is 0 Å². The lowest BCUT2D eigenvalue weighted by Gasteiger charge is -2.35. The van der Waals surface area contributed by atoms with Crippen molar-refractivity contribution >= 4 is 23.6 Å². The predicted molar refractivity (Wildman–Crippen MR) is 225 cm³/mol. The monoisotopic (exact) mass is 771 g/mol. The van der Waals surface area contributed by atoms with Crippen molar-refractivity contribution in [2.45, 2.75) is 153 Å². The molecule has 0 radical (unpaired) electrons. The number of fused-ring (bicyclic) bond motifs is 1. The normalized spacial score (nSPS) is 25.1. The van der Waals surface area contributed by atoms with Crippen LogP contribution in [-0.2, 0) is 19.2 Å². The molecule has 0 saturated carbocycles. The molecule has 308 valence electrons. The Morgan fingerprint density at radius 2 is 1.71 bits per heavy atom. The summed E-state index contributed by atoms with van der Waals surface area (Å²) < 4.78 is 0. The van der Waals surface area contributed by atoms with E-state index >= 15 is 0 Å². The third-order valence-corrected chi connectivity index (χ3v) is 12.8. The molecule has 5 N–H and O–H groups in total. The van der Waals surface area contributed by atoms with Crippen LogP contribution in [0.15, 0.2) is 66.3 Å². The quantitative estimate of drug-likeness (QED) is 0.0748. The molecule has 0 spiro atoms. The van der Waals surface area contributed by atoms with Crippen molar-refractivity contribution in [1.82, 2.24) is 31.5 Å². The van der Waals surface area contributed by atoms with Gasteiger partial charge in [0.15, 0.2) is 0 Å². The highest BCUT2D eigenvalue weighted by Gasteiger charge is 2.47. The van der Waals surface area contributed by atoms with Crippen molar-refractivity contribution in [3.63, 3.8) is 0 Å². The number of unbranched alkanes of at least 4 members (excludes halogenated alkanes) is 4. The standard InChI is InChI=1S/C46H70N6O4/c1-4-38(47-3)32-50-43-37(31-49-41(53)25-17-6-5-7-18-30-48-44(54)33(2)34-19-11-8-12-20-34)26-27-39-28-29-40(52(39)46(43)56)45(55)51-42(35-21-13-9-14-22-35)36-23-15-10-16-24-36/h8-9,11-14,19-21,23,33,35,37-40,42-43,47,50H,4-7,10,15-18,22,24-32H2,1-3H3,(H,48,54)(H,49,53)(H,51,55). The summed E-state index contributed by atoms with van der Waals surface area (Å²) >= 11 is 0. The minimum Gasteiger partial charge on any atom is -0.356 e. The fourth-order valence-corrected chi connectivity index (χ4v) is 9.13. The van der Waals surface area contributed by atoms with Crippen LogP contribution < -0.4 is 26.6 Å². The number of carbonyl (C=O) groups is 4. The summed E-state index contributed by atoms with van der Waals surface area (Å²) in [6.45, 7) is 5.81. The van der Waals surface area contributed by atoms with Crippen molar-refractivity contribution in [2.24, 2.45) is 11.8 Å². The van der Waals surface area contributed by atoms with Crippen LogP contribution in [0.2, 0.25) is 0 Å². The first-order valence-electron chi connectivity index (χ1n) is 21.9. The van der Waals surface area contributed by atoms with E-state index in [1.165, 1.54) is 12.0 Å². The second-order valence-corrected chi connectivity index (χ2v) is 16.6. The number of benzene rings is 1. The van der Waals surface area contributed by atoms with Crippen molar-refractivity contribution in [2.75, 3.05) is 26.7 Å². The SMILES string of the molecule is CCC(CNC1C(=O)N2C(CCC1CNC(=O)CCCCCCCNC(=O)C(C)c1ccccc1)CCC2C(=O)NC(C1=CCCCC1)C1C=CC=CC1)NC. The number of likely N-dealkylation sites (N-methyl/N-ethyl adjacent to an activating group) is 1. The van der Waals surface area contributed by atoms with Crippen LogP contribution in [-0.4, -0.2) is 85.4 Å². The van der Waals surface area contributed by atoms with Gasteiger partial charge in [0.25, 0.3) is 0 Å². The Labute approximate surface area is 336 Å². The lowest BCUT2D eigenvalue weighted by molar-refractivity contribution is -0.142. The van der Waals surface area contributed by atoms with Crippen molar-refractivity contribution in [3.05, 3.63) is 71.8 Å². The molecule has 8 atom stereocenters. The Bertz CT molecular complexity index is 1510. The molecule has 2 saturated heterocycles. The van der Waals surface area contributed by atoms with Gasteiger partial charge in [0.05, 0.1) is 18.0 Å². The molecule has 1 aromatic carbocycles. The molecule has 2 aliphatic heterocycles. The average Bonchev–Trinajstić information content (AvgIpc) is 3.62. The molecule has 0 bridgehead atoms. The Kier molecular flexibility index (Phi) is 17.7. The minimum atomic E-state index is -0.486. The zero-order valence-electron chi connectivity index (χ0n) is 34.4. The van der Waals surface area contributed by atoms with Gasteiger partial charge in [-0.1, -0.05) is 92.5 Å². The van der Waals surface area contributed by atoms with Crippen LogP contribution in [0.4, 0.5) is 0 Å². The third kappa shape index (κ3) is 12.4. The van der Waals surface area contributed by atoms with Crippen LogP contribution in [0.3, 0.4) is 0 Å². The largest absolute Gasteiger partial charge is 0.356 e. The molecule has 4 amide bonds. The van der Waals surface area contributed by atoms with E-state index < -0.39 is 12.1 Å². The predicted octanol–water partition coefficient (Wildman–Crippen LogP) is 6.21. The lowest BCUT2D eigenvalue weighted by atomic mass is 9.83. The molecule has 56 heavy (non-hydrogen) atoms.